The number of rotatable bonds is 8. The molecule has 4 rings (SSSR count). The molecule has 0 N–H and O–H groups in total. The summed E-state index contributed by atoms with van der Waals surface area (Å²) in [6.07, 6.45) is 6.17. The summed E-state index contributed by atoms with van der Waals surface area (Å²) in [5, 5.41) is 0. The van der Waals surface area contributed by atoms with Crippen LogP contribution in [-0.2, 0) is 17.6 Å². The van der Waals surface area contributed by atoms with Gasteiger partial charge >= 0.3 is 0 Å². The van der Waals surface area contributed by atoms with Crippen molar-refractivity contribution < 1.29 is 14.3 Å². The quantitative estimate of drug-likeness (QED) is 0.469. The summed E-state index contributed by atoms with van der Waals surface area (Å²) in [7, 11) is 3.55. The summed E-state index contributed by atoms with van der Waals surface area (Å²) < 4.78 is 5.42. The maximum atomic E-state index is 13.3. The predicted molar refractivity (Wildman–Crippen MR) is 141 cm³/mol. The van der Waals surface area contributed by atoms with E-state index in [1.165, 1.54) is 0 Å². The Morgan fingerprint density at radius 1 is 1.08 bits per heavy atom. The lowest BCUT2D eigenvalue weighted by atomic mass is 9.84. The Kier molecular flexibility index (Phi) is 8.36. The average molecular weight is 486 g/mol. The second kappa shape index (κ2) is 11.8. The Bertz CT molecular complexity index is 1170. The number of benzene rings is 2. The molecule has 2 amide bonds. The molecular formula is C30H35N3O3. The molecule has 36 heavy (non-hydrogen) atoms. The van der Waals surface area contributed by atoms with Gasteiger partial charge in [-0.2, -0.15) is 0 Å². The number of hydrogen-bond acceptors (Lipinski definition) is 4. The first-order valence-electron chi connectivity index (χ1n) is 12.6. The van der Waals surface area contributed by atoms with Crippen molar-refractivity contribution in [2.75, 3.05) is 27.2 Å². The van der Waals surface area contributed by atoms with E-state index in [4.69, 9.17) is 4.74 Å². The van der Waals surface area contributed by atoms with E-state index < -0.39 is 0 Å². The van der Waals surface area contributed by atoms with Gasteiger partial charge in [-0.15, -0.1) is 0 Å². The number of pyridine rings is 1. The van der Waals surface area contributed by atoms with Gasteiger partial charge in [-0.1, -0.05) is 36.4 Å². The number of ether oxygens (including phenoxy) is 1. The van der Waals surface area contributed by atoms with E-state index in [0.29, 0.717) is 25.1 Å². The molecule has 0 unspecified atom stereocenters. The number of amides is 2. The van der Waals surface area contributed by atoms with Gasteiger partial charge in [0.1, 0.15) is 5.75 Å². The Morgan fingerprint density at radius 3 is 2.56 bits per heavy atom. The topological polar surface area (TPSA) is 62.7 Å². The van der Waals surface area contributed by atoms with E-state index in [1.807, 2.05) is 66.2 Å². The molecule has 1 aliphatic heterocycles. The highest BCUT2D eigenvalue weighted by Crippen LogP contribution is 2.28. The van der Waals surface area contributed by atoms with Gasteiger partial charge < -0.3 is 14.5 Å². The normalized spacial score (nSPS) is 14.8. The zero-order chi connectivity index (χ0) is 25.5. The van der Waals surface area contributed by atoms with Crippen LogP contribution in [0.1, 0.15) is 39.9 Å². The maximum Gasteiger partial charge on any atom is 0.255 e. The summed E-state index contributed by atoms with van der Waals surface area (Å²) in [5.74, 6) is 1.23. The van der Waals surface area contributed by atoms with Crippen LogP contribution in [0.25, 0.3) is 0 Å². The molecule has 1 aromatic heterocycles. The molecule has 0 aliphatic carbocycles. The molecule has 6 nitrogen and oxygen atoms in total. The van der Waals surface area contributed by atoms with Gasteiger partial charge in [0, 0.05) is 38.6 Å². The van der Waals surface area contributed by atoms with E-state index in [0.717, 1.165) is 41.7 Å². The van der Waals surface area contributed by atoms with Crippen molar-refractivity contribution in [2.24, 2.45) is 5.92 Å². The average Bonchev–Trinajstić information content (AvgIpc) is 2.93. The summed E-state index contributed by atoms with van der Waals surface area (Å²) in [6, 6.07) is 19.7. The van der Waals surface area contributed by atoms with E-state index in [-0.39, 0.29) is 23.8 Å². The Labute approximate surface area is 213 Å². The SMILES string of the molecule is COc1cccc(C[C@H](C2CCN(C(=O)Cc3ccccc3C)CC2)N(C)C(=O)c2cccnc2)c1. The summed E-state index contributed by atoms with van der Waals surface area (Å²) in [4.78, 5) is 34.3. The molecule has 1 fully saturated rings. The third-order valence-electron chi connectivity index (χ3n) is 7.34. The number of likely N-dealkylation sites (tertiary alicyclic amines) is 1. The van der Waals surface area contributed by atoms with Gasteiger partial charge in [-0.25, -0.2) is 0 Å². The number of nitrogens with zero attached hydrogens (tertiary/aromatic N) is 3. The summed E-state index contributed by atoms with van der Waals surface area (Å²) in [5.41, 5.74) is 3.95. The number of carbonyl (C=O) groups is 2. The molecule has 2 aromatic carbocycles. The highest BCUT2D eigenvalue weighted by molar-refractivity contribution is 5.94. The fraction of sp³-hybridized carbons (Fsp3) is 0.367. The molecule has 0 saturated carbocycles. The maximum absolute atomic E-state index is 13.3. The zero-order valence-corrected chi connectivity index (χ0v) is 21.4. The van der Waals surface area contributed by atoms with E-state index in [1.54, 1.807) is 31.6 Å². The lowest BCUT2D eigenvalue weighted by molar-refractivity contribution is -0.132. The first-order chi connectivity index (χ1) is 17.5. The van der Waals surface area contributed by atoms with Crippen LogP contribution in [-0.4, -0.2) is 59.9 Å². The molecule has 188 valence electrons. The molecule has 1 saturated heterocycles. The third kappa shape index (κ3) is 6.11. The van der Waals surface area contributed by atoms with Gasteiger partial charge in [0.25, 0.3) is 5.91 Å². The summed E-state index contributed by atoms with van der Waals surface area (Å²) in [6.45, 7) is 3.46. The van der Waals surface area contributed by atoms with Gasteiger partial charge in [-0.05, 0) is 73.1 Å². The number of piperidine rings is 1. The molecule has 0 bridgehead atoms. The van der Waals surface area contributed by atoms with Crippen LogP contribution in [0.5, 0.6) is 5.75 Å². The van der Waals surface area contributed by atoms with Crippen molar-refractivity contribution in [2.45, 2.75) is 38.6 Å². The second-order valence-corrected chi connectivity index (χ2v) is 9.60. The molecule has 1 aliphatic rings. The Balaban J connectivity index is 1.48. The molecular weight excluding hydrogens is 450 g/mol. The fourth-order valence-electron chi connectivity index (χ4n) is 5.12. The highest BCUT2D eigenvalue weighted by atomic mass is 16.5. The Morgan fingerprint density at radius 2 is 1.86 bits per heavy atom. The molecule has 2 heterocycles. The van der Waals surface area contributed by atoms with E-state index >= 15 is 0 Å². The fourth-order valence-corrected chi connectivity index (χ4v) is 5.12. The number of aryl methyl sites for hydroxylation is 1. The number of aromatic nitrogens is 1. The molecule has 3 aromatic rings. The first kappa shape index (κ1) is 25.4. The zero-order valence-electron chi connectivity index (χ0n) is 21.4. The van der Waals surface area contributed by atoms with Crippen LogP contribution in [0.4, 0.5) is 0 Å². The number of carbonyl (C=O) groups excluding carboxylic acids is 2. The van der Waals surface area contributed by atoms with Gasteiger partial charge in [-0.3, -0.25) is 14.6 Å². The van der Waals surface area contributed by atoms with Crippen molar-refractivity contribution >= 4 is 11.8 Å². The monoisotopic (exact) mass is 485 g/mol. The van der Waals surface area contributed by atoms with Crippen molar-refractivity contribution in [3.05, 3.63) is 95.3 Å². The molecule has 0 radical (unpaired) electrons. The molecule has 6 heteroatoms. The van der Waals surface area contributed by atoms with Gasteiger partial charge in [0.2, 0.25) is 5.91 Å². The lowest BCUT2D eigenvalue weighted by Gasteiger charge is -2.40. The van der Waals surface area contributed by atoms with Crippen LogP contribution in [0, 0.1) is 12.8 Å². The summed E-state index contributed by atoms with van der Waals surface area (Å²) >= 11 is 0. The van der Waals surface area contributed by atoms with E-state index in [9.17, 15) is 9.59 Å². The van der Waals surface area contributed by atoms with Crippen LogP contribution in [0.3, 0.4) is 0 Å². The minimum Gasteiger partial charge on any atom is -0.497 e. The van der Waals surface area contributed by atoms with Crippen molar-refractivity contribution in [3.63, 3.8) is 0 Å². The van der Waals surface area contributed by atoms with Crippen LogP contribution in [0.2, 0.25) is 0 Å². The van der Waals surface area contributed by atoms with Gasteiger partial charge in [0.05, 0.1) is 19.1 Å². The largest absolute Gasteiger partial charge is 0.497 e. The smallest absolute Gasteiger partial charge is 0.255 e. The third-order valence-corrected chi connectivity index (χ3v) is 7.34. The van der Waals surface area contributed by atoms with Gasteiger partial charge in [0.15, 0.2) is 0 Å². The standard InChI is InChI=1S/C30H35N3O3/c1-22-8-4-5-10-25(22)20-29(34)33-16-13-24(14-17-33)28(19-23-9-6-12-27(18-23)36-3)32(2)30(35)26-11-7-15-31-21-26/h4-12,15,18,21,24,28H,13-14,16-17,19-20H2,1-3H3/t28-/m1/s1. The highest BCUT2D eigenvalue weighted by Gasteiger charge is 2.33. The van der Waals surface area contributed by atoms with Crippen molar-refractivity contribution in [1.29, 1.82) is 0 Å². The van der Waals surface area contributed by atoms with Crippen molar-refractivity contribution in [3.8, 4) is 5.75 Å². The molecule has 1 atom stereocenters. The number of methoxy groups -OCH3 is 1. The lowest BCUT2D eigenvalue weighted by Crippen LogP contribution is -2.48. The van der Waals surface area contributed by atoms with E-state index in [2.05, 4.69) is 11.1 Å². The number of likely N-dealkylation sites (N-methyl/N-ethyl adjacent to an activating group) is 1. The Hall–Kier alpha value is -3.67. The van der Waals surface area contributed by atoms with Crippen molar-refractivity contribution in [1.82, 2.24) is 14.8 Å². The van der Waals surface area contributed by atoms with Crippen LogP contribution in [0.15, 0.2) is 73.1 Å². The first-order valence-corrected chi connectivity index (χ1v) is 12.6. The van der Waals surface area contributed by atoms with Crippen LogP contribution < -0.4 is 4.74 Å². The second-order valence-electron chi connectivity index (χ2n) is 9.60. The minimum atomic E-state index is -0.0333. The molecule has 0 spiro atoms. The predicted octanol–water partition coefficient (Wildman–Crippen LogP) is 4.56. The number of hydrogen-bond donors (Lipinski definition) is 0. The minimum absolute atomic E-state index is 0.00145. The van der Waals surface area contributed by atoms with Crippen LogP contribution >= 0.6 is 0 Å².